The van der Waals surface area contributed by atoms with Crippen molar-refractivity contribution >= 4 is 24.4 Å². The summed E-state index contributed by atoms with van der Waals surface area (Å²) >= 11 is 6.16. The van der Waals surface area contributed by atoms with Gasteiger partial charge in [0.05, 0.1) is 6.61 Å². The first-order chi connectivity index (χ1) is 9.33. The highest BCUT2D eigenvalue weighted by molar-refractivity contribution is 7.98. The molecule has 2 aromatic carbocycles. The average Bonchev–Trinajstić information content (AvgIpc) is 2.49. The van der Waals surface area contributed by atoms with E-state index in [1.54, 1.807) is 11.8 Å². The molecule has 19 heavy (non-hydrogen) atoms. The standard InChI is InChI=1S/C16H18OS2/c1-19-16-9-7-15(8-10-16)17-11-14(12-18)13-5-3-2-4-6-13/h2-10,14,18H,11-12H2,1H3. The predicted molar refractivity (Wildman–Crippen MR) is 86.8 cm³/mol. The second kappa shape index (κ2) is 7.51. The fourth-order valence-corrected chi connectivity index (χ4v) is 2.57. The van der Waals surface area contributed by atoms with Gasteiger partial charge in [-0.05, 0) is 36.1 Å². The Morgan fingerprint density at radius 2 is 1.74 bits per heavy atom. The number of ether oxygens (including phenoxy) is 1. The lowest BCUT2D eigenvalue weighted by atomic mass is 10.0. The maximum atomic E-state index is 5.85. The molecule has 0 bridgehead atoms. The van der Waals surface area contributed by atoms with Crippen molar-refractivity contribution in [1.82, 2.24) is 0 Å². The number of benzene rings is 2. The summed E-state index contributed by atoms with van der Waals surface area (Å²) in [6, 6.07) is 18.6. The maximum absolute atomic E-state index is 5.85. The van der Waals surface area contributed by atoms with Crippen molar-refractivity contribution in [2.24, 2.45) is 0 Å². The highest BCUT2D eigenvalue weighted by atomic mass is 32.2. The van der Waals surface area contributed by atoms with Gasteiger partial charge in [0.2, 0.25) is 0 Å². The Morgan fingerprint density at radius 3 is 2.32 bits per heavy atom. The number of hydrogen-bond donors (Lipinski definition) is 1. The molecule has 0 saturated carbocycles. The second-order valence-corrected chi connectivity index (χ2v) is 5.52. The Kier molecular flexibility index (Phi) is 5.67. The maximum Gasteiger partial charge on any atom is 0.119 e. The molecule has 0 aliphatic carbocycles. The van der Waals surface area contributed by atoms with Crippen LogP contribution in [0.25, 0.3) is 0 Å². The smallest absolute Gasteiger partial charge is 0.119 e. The van der Waals surface area contributed by atoms with Crippen LogP contribution in [-0.2, 0) is 0 Å². The summed E-state index contributed by atoms with van der Waals surface area (Å²) in [5.41, 5.74) is 1.28. The second-order valence-electron chi connectivity index (χ2n) is 4.28. The lowest BCUT2D eigenvalue weighted by Gasteiger charge is -2.16. The molecule has 0 aliphatic rings. The van der Waals surface area contributed by atoms with Crippen LogP contribution in [0.3, 0.4) is 0 Å². The molecule has 1 atom stereocenters. The van der Waals surface area contributed by atoms with E-state index < -0.39 is 0 Å². The van der Waals surface area contributed by atoms with E-state index in [4.69, 9.17) is 4.74 Å². The molecule has 100 valence electrons. The van der Waals surface area contributed by atoms with Crippen molar-refractivity contribution in [3.8, 4) is 5.75 Å². The van der Waals surface area contributed by atoms with Gasteiger partial charge in [-0.25, -0.2) is 0 Å². The van der Waals surface area contributed by atoms with E-state index in [0.29, 0.717) is 12.5 Å². The SMILES string of the molecule is CSc1ccc(OCC(CS)c2ccccc2)cc1. The van der Waals surface area contributed by atoms with Gasteiger partial charge in [-0.2, -0.15) is 12.6 Å². The largest absolute Gasteiger partial charge is 0.493 e. The van der Waals surface area contributed by atoms with Crippen LogP contribution >= 0.6 is 24.4 Å². The third-order valence-corrected chi connectivity index (χ3v) is 4.19. The van der Waals surface area contributed by atoms with E-state index in [1.807, 2.05) is 18.2 Å². The first kappa shape index (κ1) is 14.4. The number of rotatable bonds is 6. The summed E-state index contributed by atoms with van der Waals surface area (Å²) in [5.74, 6) is 2.03. The van der Waals surface area contributed by atoms with Gasteiger partial charge in [0.15, 0.2) is 0 Å². The van der Waals surface area contributed by atoms with E-state index in [-0.39, 0.29) is 0 Å². The zero-order chi connectivity index (χ0) is 13.5. The molecule has 0 aromatic heterocycles. The molecule has 1 unspecified atom stereocenters. The molecule has 1 nitrogen and oxygen atoms in total. The zero-order valence-electron chi connectivity index (χ0n) is 11.0. The first-order valence-electron chi connectivity index (χ1n) is 6.26. The monoisotopic (exact) mass is 290 g/mol. The van der Waals surface area contributed by atoms with Gasteiger partial charge in [0.1, 0.15) is 5.75 Å². The normalized spacial score (nSPS) is 12.1. The Balaban J connectivity index is 1.96. The molecule has 0 amide bonds. The topological polar surface area (TPSA) is 9.23 Å². The highest BCUT2D eigenvalue weighted by Gasteiger charge is 2.10. The highest BCUT2D eigenvalue weighted by Crippen LogP contribution is 2.22. The fraction of sp³-hybridized carbons (Fsp3) is 0.250. The molecule has 0 saturated heterocycles. The summed E-state index contributed by atoms with van der Waals surface area (Å²) < 4.78 is 5.85. The molecule has 0 aliphatic heterocycles. The van der Waals surface area contributed by atoms with Crippen molar-refractivity contribution in [3.05, 3.63) is 60.2 Å². The molecular weight excluding hydrogens is 272 g/mol. The van der Waals surface area contributed by atoms with Crippen molar-refractivity contribution in [2.75, 3.05) is 18.6 Å². The molecular formula is C16H18OS2. The molecule has 0 spiro atoms. The van der Waals surface area contributed by atoms with Crippen LogP contribution in [0.5, 0.6) is 5.75 Å². The Bertz CT molecular complexity index is 482. The minimum atomic E-state index is 0.324. The molecule has 0 N–H and O–H groups in total. The van der Waals surface area contributed by atoms with E-state index in [9.17, 15) is 0 Å². The lowest BCUT2D eigenvalue weighted by Crippen LogP contribution is -2.11. The summed E-state index contributed by atoms with van der Waals surface area (Å²) in [7, 11) is 0. The third-order valence-electron chi connectivity index (χ3n) is 3.00. The lowest BCUT2D eigenvalue weighted by molar-refractivity contribution is 0.297. The van der Waals surface area contributed by atoms with Crippen LogP contribution in [0.1, 0.15) is 11.5 Å². The Hall–Kier alpha value is -1.06. The van der Waals surface area contributed by atoms with Gasteiger partial charge in [-0.3, -0.25) is 0 Å². The van der Waals surface area contributed by atoms with E-state index in [0.717, 1.165) is 11.5 Å². The zero-order valence-corrected chi connectivity index (χ0v) is 12.7. The van der Waals surface area contributed by atoms with E-state index in [1.165, 1.54) is 10.5 Å². The van der Waals surface area contributed by atoms with Gasteiger partial charge in [0, 0.05) is 16.6 Å². The van der Waals surface area contributed by atoms with Crippen LogP contribution < -0.4 is 4.74 Å². The van der Waals surface area contributed by atoms with Crippen LogP contribution in [0.4, 0.5) is 0 Å². The molecule has 3 heteroatoms. The van der Waals surface area contributed by atoms with E-state index in [2.05, 4.69) is 55.3 Å². The number of thiol groups is 1. The molecule has 2 rings (SSSR count). The quantitative estimate of drug-likeness (QED) is 0.619. The van der Waals surface area contributed by atoms with Crippen LogP contribution in [0.2, 0.25) is 0 Å². The third kappa shape index (κ3) is 4.22. The van der Waals surface area contributed by atoms with Crippen molar-refractivity contribution in [3.63, 3.8) is 0 Å². The van der Waals surface area contributed by atoms with Gasteiger partial charge in [-0.15, -0.1) is 11.8 Å². The van der Waals surface area contributed by atoms with Gasteiger partial charge in [-0.1, -0.05) is 30.3 Å². The molecule has 0 fully saturated rings. The van der Waals surface area contributed by atoms with Crippen LogP contribution in [0, 0.1) is 0 Å². The Morgan fingerprint density at radius 1 is 1.05 bits per heavy atom. The minimum absolute atomic E-state index is 0.324. The van der Waals surface area contributed by atoms with Gasteiger partial charge >= 0.3 is 0 Å². The van der Waals surface area contributed by atoms with Crippen LogP contribution in [-0.4, -0.2) is 18.6 Å². The summed E-state index contributed by atoms with van der Waals surface area (Å²) in [4.78, 5) is 1.25. The predicted octanol–water partition coefficient (Wildman–Crippen LogP) is 4.50. The van der Waals surface area contributed by atoms with Crippen molar-refractivity contribution in [1.29, 1.82) is 0 Å². The minimum Gasteiger partial charge on any atom is -0.493 e. The number of hydrogen-bond acceptors (Lipinski definition) is 3. The number of thioether (sulfide) groups is 1. The van der Waals surface area contributed by atoms with Gasteiger partial charge < -0.3 is 4.74 Å². The summed E-state index contributed by atoms with van der Waals surface area (Å²) in [6.07, 6.45) is 2.07. The van der Waals surface area contributed by atoms with Crippen molar-refractivity contribution < 1.29 is 4.74 Å². The van der Waals surface area contributed by atoms with Gasteiger partial charge in [0.25, 0.3) is 0 Å². The van der Waals surface area contributed by atoms with Crippen molar-refractivity contribution in [2.45, 2.75) is 10.8 Å². The average molecular weight is 290 g/mol. The Labute approximate surface area is 124 Å². The molecule has 0 radical (unpaired) electrons. The molecule has 2 aromatic rings. The fourth-order valence-electron chi connectivity index (χ4n) is 1.85. The summed E-state index contributed by atoms with van der Waals surface area (Å²) in [5, 5.41) is 0. The first-order valence-corrected chi connectivity index (χ1v) is 8.12. The van der Waals surface area contributed by atoms with Crippen LogP contribution in [0.15, 0.2) is 59.5 Å². The van der Waals surface area contributed by atoms with E-state index >= 15 is 0 Å². The summed E-state index contributed by atoms with van der Waals surface area (Å²) in [6.45, 7) is 0.659. The molecule has 0 heterocycles.